The van der Waals surface area contributed by atoms with Crippen molar-refractivity contribution in [3.8, 4) is 45.3 Å². The molecule has 3 nitrogen and oxygen atoms in total. The molecule has 11 rings (SSSR count). The van der Waals surface area contributed by atoms with Crippen LogP contribution in [0.15, 0.2) is 158 Å². The smallest absolute Gasteiger partial charge is 0.160 e. The molecule has 49 heavy (non-hydrogen) atoms. The van der Waals surface area contributed by atoms with E-state index in [1.165, 1.54) is 37.7 Å². The van der Waals surface area contributed by atoms with Crippen molar-refractivity contribution in [1.82, 2.24) is 9.97 Å². The zero-order valence-corrected chi connectivity index (χ0v) is 27.0. The van der Waals surface area contributed by atoms with Gasteiger partial charge in [0, 0.05) is 32.3 Å². The van der Waals surface area contributed by atoms with Crippen molar-refractivity contribution in [2.24, 2.45) is 0 Å². The first-order chi connectivity index (χ1) is 24.3. The number of hydrogen-bond donors (Lipinski definition) is 0. The highest BCUT2D eigenvalue weighted by Gasteiger charge is 2.51. The van der Waals surface area contributed by atoms with E-state index in [4.69, 9.17) is 14.7 Å². The summed E-state index contributed by atoms with van der Waals surface area (Å²) in [5.41, 5.74) is 10.9. The molecule has 7 aromatic carbocycles. The molecule has 4 heteroatoms. The maximum Gasteiger partial charge on any atom is 0.160 e. The van der Waals surface area contributed by atoms with Gasteiger partial charge in [-0.1, -0.05) is 133 Å². The van der Waals surface area contributed by atoms with Gasteiger partial charge >= 0.3 is 0 Å². The molecule has 2 aliphatic rings. The molecule has 1 spiro atoms. The van der Waals surface area contributed by atoms with Crippen molar-refractivity contribution in [3.05, 3.63) is 180 Å². The molecule has 0 fully saturated rings. The van der Waals surface area contributed by atoms with E-state index < -0.39 is 5.41 Å². The number of benzene rings is 7. The fourth-order valence-electron chi connectivity index (χ4n) is 8.32. The number of aromatic nitrogens is 2. The summed E-state index contributed by atoms with van der Waals surface area (Å²) in [6, 6.07) is 56.4. The number of fused-ring (bicyclic) bond motifs is 14. The van der Waals surface area contributed by atoms with Gasteiger partial charge in [-0.25, -0.2) is 9.97 Å². The molecule has 1 aliphatic carbocycles. The van der Waals surface area contributed by atoms with Gasteiger partial charge in [0.2, 0.25) is 0 Å². The fourth-order valence-corrected chi connectivity index (χ4v) is 9.48. The van der Waals surface area contributed by atoms with Gasteiger partial charge in [0.15, 0.2) is 5.82 Å². The average Bonchev–Trinajstić information content (AvgIpc) is 3.69. The number of rotatable bonds is 2. The van der Waals surface area contributed by atoms with E-state index in [-0.39, 0.29) is 0 Å². The predicted molar refractivity (Wildman–Crippen MR) is 201 cm³/mol. The summed E-state index contributed by atoms with van der Waals surface area (Å²) in [5.74, 6) is 2.53. The van der Waals surface area contributed by atoms with Gasteiger partial charge in [0.05, 0.1) is 21.3 Å². The Morgan fingerprint density at radius 2 is 1.18 bits per heavy atom. The molecule has 228 valence electrons. The van der Waals surface area contributed by atoms with Crippen LogP contribution in [0.2, 0.25) is 0 Å². The number of thiophene rings is 1. The van der Waals surface area contributed by atoms with Crippen LogP contribution in [0.1, 0.15) is 22.3 Å². The first-order valence-corrected chi connectivity index (χ1v) is 17.4. The Kier molecular flexibility index (Phi) is 5.47. The summed E-state index contributed by atoms with van der Waals surface area (Å²) in [4.78, 5) is 10.5. The maximum atomic E-state index is 6.59. The number of para-hydroxylation sites is 2. The van der Waals surface area contributed by atoms with Crippen molar-refractivity contribution in [2.45, 2.75) is 5.41 Å². The molecule has 1 aliphatic heterocycles. The van der Waals surface area contributed by atoms with Crippen LogP contribution in [-0.2, 0) is 5.41 Å². The SMILES string of the molecule is c1ccc(-c2nc(-c3ccc4c(c3)-c3c(ccc5ccccc35)C43c4ccccc4Oc4ccccc43)c3sc4ccccc4c3n2)cc1. The second-order valence-electron chi connectivity index (χ2n) is 12.9. The van der Waals surface area contributed by atoms with Gasteiger partial charge in [0.1, 0.15) is 11.5 Å². The van der Waals surface area contributed by atoms with Crippen LogP contribution in [0.25, 0.3) is 64.8 Å². The summed E-state index contributed by atoms with van der Waals surface area (Å²) >= 11 is 1.77. The highest BCUT2D eigenvalue weighted by atomic mass is 32.1. The van der Waals surface area contributed by atoms with Gasteiger partial charge in [0.25, 0.3) is 0 Å². The number of nitrogens with zero attached hydrogens (tertiary/aromatic N) is 2. The van der Waals surface area contributed by atoms with Crippen LogP contribution in [0.4, 0.5) is 0 Å². The normalized spacial score (nSPS) is 13.6. The van der Waals surface area contributed by atoms with Gasteiger partial charge in [-0.05, 0) is 57.3 Å². The minimum atomic E-state index is -0.535. The lowest BCUT2D eigenvalue weighted by molar-refractivity contribution is 0.436. The lowest BCUT2D eigenvalue weighted by Gasteiger charge is -2.39. The summed E-state index contributed by atoms with van der Waals surface area (Å²) in [6.45, 7) is 0. The van der Waals surface area contributed by atoms with E-state index in [2.05, 4.69) is 152 Å². The molecule has 0 radical (unpaired) electrons. The van der Waals surface area contributed by atoms with Crippen molar-refractivity contribution < 1.29 is 4.74 Å². The molecule has 0 N–H and O–H groups in total. The second kappa shape index (κ2) is 9.96. The third-order valence-corrected chi connectivity index (χ3v) is 11.5. The van der Waals surface area contributed by atoms with Crippen LogP contribution in [0.3, 0.4) is 0 Å². The summed E-state index contributed by atoms with van der Waals surface area (Å²) in [6.07, 6.45) is 0. The largest absolute Gasteiger partial charge is 0.457 e. The van der Waals surface area contributed by atoms with E-state index in [1.54, 1.807) is 11.3 Å². The van der Waals surface area contributed by atoms with E-state index >= 15 is 0 Å². The molecule has 0 atom stereocenters. The Hall–Kier alpha value is -6.10. The molecule has 0 saturated heterocycles. The molecule has 9 aromatic rings. The summed E-state index contributed by atoms with van der Waals surface area (Å²) in [7, 11) is 0. The Bertz CT molecular complexity index is 2770. The maximum absolute atomic E-state index is 6.59. The van der Waals surface area contributed by atoms with Crippen molar-refractivity contribution in [1.29, 1.82) is 0 Å². The molecule has 0 amide bonds. The highest BCUT2D eigenvalue weighted by molar-refractivity contribution is 7.26. The van der Waals surface area contributed by atoms with Gasteiger partial charge < -0.3 is 4.74 Å². The molecule has 0 bridgehead atoms. The lowest BCUT2D eigenvalue weighted by atomic mass is 9.66. The Labute approximate surface area is 286 Å². The Morgan fingerprint density at radius 1 is 0.510 bits per heavy atom. The second-order valence-corrected chi connectivity index (χ2v) is 13.9. The molecule has 0 saturated carbocycles. The molecular weight excluding hydrogens is 617 g/mol. The quantitative estimate of drug-likeness (QED) is 0.188. The van der Waals surface area contributed by atoms with Crippen LogP contribution >= 0.6 is 11.3 Å². The minimum Gasteiger partial charge on any atom is -0.457 e. The first kappa shape index (κ1) is 26.9. The third kappa shape index (κ3) is 3.61. The van der Waals surface area contributed by atoms with Crippen LogP contribution in [0, 0.1) is 0 Å². The molecule has 0 unspecified atom stereocenters. The number of hydrogen-bond acceptors (Lipinski definition) is 4. The average molecular weight is 643 g/mol. The van der Waals surface area contributed by atoms with Crippen molar-refractivity contribution in [3.63, 3.8) is 0 Å². The topological polar surface area (TPSA) is 35.0 Å². The van der Waals surface area contributed by atoms with Crippen molar-refractivity contribution >= 4 is 42.4 Å². The fraction of sp³-hybridized carbons (Fsp3) is 0.0222. The zero-order chi connectivity index (χ0) is 32.1. The van der Waals surface area contributed by atoms with Crippen LogP contribution in [0.5, 0.6) is 11.5 Å². The first-order valence-electron chi connectivity index (χ1n) is 16.6. The molecule has 3 heterocycles. The zero-order valence-electron chi connectivity index (χ0n) is 26.2. The minimum absolute atomic E-state index is 0.535. The Balaban J connectivity index is 1.26. The van der Waals surface area contributed by atoms with E-state index in [9.17, 15) is 0 Å². The lowest BCUT2D eigenvalue weighted by Crippen LogP contribution is -2.32. The molecular formula is C45H26N2OS. The van der Waals surface area contributed by atoms with Gasteiger partial charge in [-0.2, -0.15) is 0 Å². The number of ether oxygens (including phenoxy) is 1. The van der Waals surface area contributed by atoms with E-state index in [1.807, 2.05) is 6.07 Å². The third-order valence-electron chi connectivity index (χ3n) is 10.4. The highest BCUT2D eigenvalue weighted by Crippen LogP contribution is 2.63. The van der Waals surface area contributed by atoms with Crippen molar-refractivity contribution in [2.75, 3.05) is 0 Å². The standard InChI is InChI=1S/C45H26N2OS/c1-2-13-28(14-3-1)44-46-41(43-42(47-44)31-16-6-11-21-39(31)49-43)29-23-24-33-32(26-29)40-30-15-5-4-12-27(30)22-25-36(40)45(33)34-17-7-9-19-37(34)48-38-20-10-8-18-35(38)45/h1-26H. The van der Waals surface area contributed by atoms with Gasteiger partial charge in [-0.15, -0.1) is 11.3 Å². The van der Waals surface area contributed by atoms with E-state index in [0.717, 1.165) is 60.9 Å². The summed E-state index contributed by atoms with van der Waals surface area (Å²) < 4.78 is 8.91. The van der Waals surface area contributed by atoms with Crippen LogP contribution < -0.4 is 4.74 Å². The van der Waals surface area contributed by atoms with E-state index in [0.29, 0.717) is 0 Å². The monoisotopic (exact) mass is 642 g/mol. The van der Waals surface area contributed by atoms with Crippen LogP contribution in [-0.4, -0.2) is 9.97 Å². The molecule has 2 aromatic heterocycles. The summed E-state index contributed by atoms with van der Waals surface area (Å²) in [5, 5.41) is 3.63. The predicted octanol–water partition coefficient (Wildman–Crippen LogP) is 11.8. The Morgan fingerprint density at radius 3 is 2.00 bits per heavy atom. The van der Waals surface area contributed by atoms with Gasteiger partial charge in [-0.3, -0.25) is 0 Å².